The van der Waals surface area contributed by atoms with E-state index >= 15 is 0 Å². The lowest BCUT2D eigenvalue weighted by atomic mass is 10.1. The van der Waals surface area contributed by atoms with Crippen LogP contribution >= 0.6 is 0 Å². The number of hydrogen-bond donors (Lipinski definition) is 1. The zero-order valence-electron chi connectivity index (χ0n) is 10.9. The highest BCUT2D eigenvalue weighted by Crippen LogP contribution is 2.24. The summed E-state index contributed by atoms with van der Waals surface area (Å²) >= 11 is 0. The van der Waals surface area contributed by atoms with Crippen molar-refractivity contribution in [2.75, 3.05) is 19.8 Å². The van der Waals surface area contributed by atoms with Crippen molar-refractivity contribution in [3.05, 3.63) is 47.9 Å². The Hall–Kier alpha value is -2.43. The third-order valence-electron chi connectivity index (χ3n) is 2.59. The van der Waals surface area contributed by atoms with Crippen LogP contribution in [0.15, 0.2) is 41.0 Å². The largest absolute Gasteiger partial charge is 0.485 e. The first-order chi connectivity index (χ1) is 9.08. The van der Waals surface area contributed by atoms with Gasteiger partial charge in [0.05, 0.1) is 11.8 Å². The molecule has 0 unspecified atom stereocenters. The van der Waals surface area contributed by atoms with Crippen molar-refractivity contribution in [2.45, 2.75) is 6.61 Å². The normalized spacial score (nSPS) is 10.2. The highest BCUT2D eigenvalue weighted by Gasteiger charge is 2.15. The Balaban J connectivity index is 2.22. The number of nitrogen functional groups attached to an aromatic ring is 1. The summed E-state index contributed by atoms with van der Waals surface area (Å²) < 4.78 is 10.8. The maximum atomic E-state index is 12.0. The Morgan fingerprint density at radius 2 is 2.16 bits per heavy atom. The Bertz CT molecular complexity index is 562. The van der Waals surface area contributed by atoms with Crippen LogP contribution in [0.3, 0.4) is 0 Å². The summed E-state index contributed by atoms with van der Waals surface area (Å²) in [5.74, 6) is 1.01. The molecule has 100 valence electrons. The molecule has 0 saturated heterocycles. The van der Waals surface area contributed by atoms with Gasteiger partial charge in [-0.05, 0) is 24.3 Å². The molecule has 2 aromatic rings. The number of carbonyl (C=O) groups excluding carboxylic acids is 1. The smallest absolute Gasteiger partial charge is 0.257 e. The first-order valence-corrected chi connectivity index (χ1v) is 5.84. The minimum Gasteiger partial charge on any atom is -0.485 e. The van der Waals surface area contributed by atoms with Crippen LogP contribution in [-0.2, 0) is 6.61 Å². The second-order valence-electron chi connectivity index (χ2n) is 4.32. The fraction of sp³-hybridized carbons (Fsp3) is 0.214. The Labute approximate surface area is 111 Å². The molecule has 0 atom stereocenters. The number of nitrogens with two attached hydrogens (primary N) is 1. The van der Waals surface area contributed by atoms with Crippen LogP contribution in [0.5, 0.6) is 5.75 Å². The van der Waals surface area contributed by atoms with Gasteiger partial charge in [0.1, 0.15) is 18.1 Å². The SMILES string of the molecule is CN(C)C(=O)c1ccc(N)cc1OCc1ccco1. The monoisotopic (exact) mass is 260 g/mol. The van der Waals surface area contributed by atoms with E-state index in [0.717, 1.165) is 0 Å². The van der Waals surface area contributed by atoms with E-state index in [4.69, 9.17) is 14.9 Å². The third-order valence-corrected chi connectivity index (χ3v) is 2.59. The number of carbonyl (C=O) groups is 1. The number of benzene rings is 1. The number of ether oxygens (including phenoxy) is 1. The highest BCUT2D eigenvalue weighted by atomic mass is 16.5. The molecule has 0 bridgehead atoms. The summed E-state index contributed by atoms with van der Waals surface area (Å²) in [6.45, 7) is 0.254. The summed E-state index contributed by atoms with van der Waals surface area (Å²) in [5.41, 5.74) is 6.75. The topological polar surface area (TPSA) is 68.7 Å². The van der Waals surface area contributed by atoms with E-state index in [2.05, 4.69) is 0 Å². The maximum Gasteiger partial charge on any atom is 0.257 e. The fourth-order valence-corrected chi connectivity index (χ4v) is 1.62. The predicted molar refractivity (Wildman–Crippen MR) is 71.9 cm³/mol. The number of amides is 1. The predicted octanol–water partition coefficient (Wildman–Crippen LogP) is 2.14. The van der Waals surface area contributed by atoms with Gasteiger partial charge in [-0.3, -0.25) is 4.79 Å². The molecule has 0 aliphatic rings. The standard InChI is InChI=1S/C14H16N2O3/c1-16(2)14(17)12-6-5-10(15)8-13(12)19-9-11-4-3-7-18-11/h3-8H,9,15H2,1-2H3. The van der Waals surface area contributed by atoms with Crippen LogP contribution in [0.2, 0.25) is 0 Å². The number of anilines is 1. The molecule has 5 heteroatoms. The Kier molecular flexibility index (Phi) is 3.75. The van der Waals surface area contributed by atoms with Crippen LogP contribution < -0.4 is 10.5 Å². The first kappa shape index (κ1) is 13.0. The van der Waals surface area contributed by atoms with Crippen LogP contribution in [0.4, 0.5) is 5.69 Å². The molecule has 1 amide bonds. The molecular weight excluding hydrogens is 244 g/mol. The minimum absolute atomic E-state index is 0.130. The number of furan rings is 1. The van der Waals surface area contributed by atoms with Crippen molar-refractivity contribution in [2.24, 2.45) is 0 Å². The summed E-state index contributed by atoms with van der Waals surface area (Å²) in [7, 11) is 3.38. The van der Waals surface area contributed by atoms with Gasteiger partial charge in [-0.2, -0.15) is 0 Å². The fourth-order valence-electron chi connectivity index (χ4n) is 1.62. The summed E-state index contributed by atoms with van der Waals surface area (Å²) in [6.07, 6.45) is 1.57. The number of hydrogen-bond acceptors (Lipinski definition) is 4. The van der Waals surface area contributed by atoms with Gasteiger partial charge in [0, 0.05) is 25.8 Å². The van der Waals surface area contributed by atoms with Gasteiger partial charge in [-0.15, -0.1) is 0 Å². The summed E-state index contributed by atoms with van der Waals surface area (Å²) in [5, 5.41) is 0. The average molecular weight is 260 g/mol. The van der Waals surface area contributed by atoms with E-state index in [-0.39, 0.29) is 12.5 Å². The second-order valence-corrected chi connectivity index (χ2v) is 4.32. The molecule has 5 nitrogen and oxygen atoms in total. The number of rotatable bonds is 4. The molecule has 0 radical (unpaired) electrons. The minimum atomic E-state index is -0.130. The van der Waals surface area contributed by atoms with Gasteiger partial charge >= 0.3 is 0 Å². The third kappa shape index (κ3) is 3.07. The second kappa shape index (κ2) is 5.48. The van der Waals surface area contributed by atoms with Crippen molar-refractivity contribution < 1.29 is 13.9 Å². The van der Waals surface area contributed by atoms with E-state index in [1.54, 1.807) is 50.7 Å². The van der Waals surface area contributed by atoms with Crippen molar-refractivity contribution in [3.8, 4) is 5.75 Å². The van der Waals surface area contributed by atoms with Gasteiger partial charge in [0.15, 0.2) is 0 Å². The molecule has 0 aliphatic carbocycles. The Morgan fingerprint density at radius 3 is 2.79 bits per heavy atom. The molecule has 2 N–H and O–H groups in total. The molecule has 2 rings (SSSR count). The lowest BCUT2D eigenvalue weighted by molar-refractivity contribution is 0.0822. The molecule has 0 saturated carbocycles. The van der Waals surface area contributed by atoms with E-state index in [1.165, 1.54) is 4.90 Å². The van der Waals surface area contributed by atoms with Crippen molar-refractivity contribution in [1.29, 1.82) is 0 Å². The Morgan fingerprint density at radius 1 is 1.37 bits per heavy atom. The van der Waals surface area contributed by atoms with Gasteiger partial charge in [-0.1, -0.05) is 0 Å². The molecule has 0 spiro atoms. The number of nitrogens with zero attached hydrogens (tertiary/aromatic N) is 1. The van der Waals surface area contributed by atoms with E-state index in [1.807, 2.05) is 0 Å². The summed E-state index contributed by atoms with van der Waals surface area (Å²) in [4.78, 5) is 13.5. The quantitative estimate of drug-likeness (QED) is 0.855. The van der Waals surface area contributed by atoms with E-state index in [9.17, 15) is 4.79 Å². The molecule has 1 aromatic heterocycles. The van der Waals surface area contributed by atoms with Crippen molar-refractivity contribution >= 4 is 11.6 Å². The molecule has 0 fully saturated rings. The van der Waals surface area contributed by atoms with Gasteiger partial charge < -0.3 is 19.8 Å². The molecular formula is C14H16N2O3. The van der Waals surface area contributed by atoms with Crippen LogP contribution in [0, 0.1) is 0 Å². The van der Waals surface area contributed by atoms with Gasteiger partial charge in [0.2, 0.25) is 0 Å². The molecule has 0 aliphatic heterocycles. The maximum absolute atomic E-state index is 12.0. The average Bonchev–Trinajstić information content (AvgIpc) is 2.88. The zero-order chi connectivity index (χ0) is 13.8. The molecule has 1 aromatic carbocycles. The van der Waals surface area contributed by atoms with Gasteiger partial charge in [0.25, 0.3) is 5.91 Å². The van der Waals surface area contributed by atoms with Crippen molar-refractivity contribution in [1.82, 2.24) is 4.90 Å². The first-order valence-electron chi connectivity index (χ1n) is 5.84. The van der Waals surface area contributed by atoms with Crippen LogP contribution in [0.1, 0.15) is 16.1 Å². The lowest BCUT2D eigenvalue weighted by Gasteiger charge is -2.14. The van der Waals surface area contributed by atoms with Crippen LogP contribution in [-0.4, -0.2) is 24.9 Å². The van der Waals surface area contributed by atoms with Crippen LogP contribution in [0.25, 0.3) is 0 Å². The summed E-state index contributed by atoms with van der Waals surface area (Å²) in [6, 6.07) is 8.56. The van der Waals surface area contributed by atoms with Crippen molar-refractivity contribution in [3.63, 3.8) is 0 Å². The molecule has 1 heterocycles. The zero-order valence-corrected chi connectivity index (χ0v) is 10.9. The highest BCUT2D eigenvalue weighted by molar-refractivity contribution is 5.97. The van der Waals surface area contributed by atoms with E-state index < -0.39 is 0 Å². The van der Waals surface area contributed by atoms with E-state index in [0.29, 0.717) is 22.8 Å². The molecule has 19 heavy (non-hydrogen) atoms. The lowest BCUT2D eigenvalue weighted by Crippen LogP contribution is -2.22. The van der Waals surface area contributed by atoms with Gasteiger partial charge in [-0.25, -0.2) is 0 Å².